The minimum atomic E-state index is -3.77. The number of hydrogen-bond donors (Lipinski definition) is 1. The molecule has 3 rings (SSSR count). The molecule has 0 spiro atoms. The summed E-state index contributed by atoms with van der Waals surface area (Å²) in [6.45, 7) is 7.91. The maximum Gasteiger partial charge on any atom is 0.307 e. The van der Waals surface area contributed by atoms with Gasteiger partial charge in [-0.2, -0.15) is 4.31 Å². The zero-order chi connectivity index (χ0) is 24.2. The number of aromatic amines is 1. The summed E-state index contributed by atoms with van der Waals surface area (Å²) in [4.78, 5) is 24.4. The van der Waals surface area contributed by atoms with Gasteiger partial charge in [0.25, 0.3) is 0 Å². The molecule has 0 aliphatic rings. The maximum atomic E-state index is 13.3. The van der Waals surface area contributed by atoms with E-state index in [4.69, 9.17) is 4.74 Å². The summed E-state index contributed by atoms with van der Waals surface area (Å²) in [6, 6.07) is 8.21. The molecule has 178 valence electrons. The van der Waals surface area contributed by atoms with Crippen LogP contribution in [0, 0.1) is 12.8 Å². The van der Waals surface area contributed by atoms with Gasteiger partial charge in [0.2, 0.25) is 10.0 Å². The van der Waals surface area contributed by atoms with E-state index < -0.39 is 22.0 Å². The minimum Gasteiger partial charge on any atom is -0.466 e. The number of benzene rings is 1. The summed E-state index contributed by atoms with van der Waals surface area (Å²) < 4.78 is 32.9. The van der Waals surface area contributed by atoms with Gasteiger partial charge >= 0.3 is 5.97 Å². The van der Waals surface area contributed by atoms with Gasteiger partial charge in [0.1, 0.15) is 11.3 Å². The molecule has 1 unspecified atom stereocenters. The van der Waals surface area contributed by atoms with Crippen molar-refractivity contribution in [3.05, 3.63) is 53.6 Å². The van der Waals surface area contributed by atoms with Crippen molar-refractivity contribution in [3.8, 4) is 0 Å². The Balaban J connectivity index is 1.80. The van der Waals surface area contributed by atoms with E-state index in [-0.39, 0.29) is 23.8 Å². The first-order valence-electron chi connectivity index (χ1n) is 11.1. The van der Waals surface area contributed by atoms with Crippen LogP contribution in [0.4, 0.5) is 0 Å². The van der Waals surface area contributed by atoms with Crippen molar-refractivity contribution >= 4 is 27.0 Å². The van der Waals surface area contributed by atoms with Crippen LogP contribution < -0.4 is 0 Å². The molecule has 0 saturated carbocycles. The van der Waals surface area contributed by atoms with Crippen molar-refractivity contribution in [2.24, 2.45) is 5.92 Å². The molecule has 2 heterocycles. The van der Waals surface area contributed by atoms with E-state index >= 15 is 0 Å². The summed E-state index contributed by atoms with van der Waals surface area (Å²) in [5.74, 6) is 0.656. The fourth-order valence-electron chi connectivity index (χ4n) is 3.89. The fourth-order valence-corrected chi connectivity index (χ4v) is 5.26. The summed E-state index contributed by atoms with van der Waals surface area (Å²) >= 11 is 0. The van der Waals surface area contributed by atoms with Gasteiger partial charge in [0, 0.05) is 25.7 Å². The molecule has 0 aliphatic heterocycles. The van der Waals surface area contributed by atoms with E-state index in [0.29, 0.717) is 12.8 Å². The van der Waals surface area contributed by atoms with Gasteiger partial charge in [-0.05, 0) is 49.9 Å². The highest BCUT2D eigenvalue weighted by atomic mass is 32.2. The van der Waals surface area contributed by atoms with Gasteiger partial charge in [0.15, 0.2) is 0 Å². The van der Waals surface area contributed by atoms with E-state index in [1.807, 2.05) is 26.8 Å². The van der Waals surface area contributed by atoms with Crippen LogP contribution in [0.2, 0.25) is 0 Å². The van der Waals surface area contributed by atoms with Crippen LogP contribution in [-0.4, -0.2) is 53.3 Å². The van der Waals surface area contributed by atoms with E-state index in [9.17, 15) is 13.2 Å². The number of ether oxygens (including phenoxy) is 1. The first-order valence-corrected chi connectivity index (χ1v) is 12.6. The Morgan fingerprint density at radius 3 is 2.52 bits per heavy atom. The predicted octanol–water partition coefficient (Wildman–Crippen LogP) is 3.85. The van der Waals surface area contributed by atoms with Gasteiger partial charge in [-0.25, -0.2) is 13.4 Å². The molecule has 9 heteroatoms. The van der Waals surface area contributed by atoms with Crippen LogP contribution in [0.25, 0.3) is 11.0 Å². The lowest BCUT2D eigenvalue weighted by molar-refractivity contribution is -0.144. The van der Waals surface area contributed by atoms with Crippen LogP contribution in [0.15, 0.2) is 41.4 Å². The third-order valence-corrected chi connectivity index (χ3v) is 7.46. The zero-order valence-electron chi connectivity index (χ0n) is 19.8. The highest BCUT2D eigenvalue weighted by molar-refractivity contribution is 7.89. The average molecular weight is 473 g/mol. The Hall–Kier alpha value is -2.78. The third kappa shape index (κ3) is 5.97. The standard InChI is InChI=1S/C24H32N4O4S/c1-6-32-23(29)15-19(13-16(2)3)28(5)33(30,31)20-9-7-18(8-10-20)14-22-24-21(11-12-25-22)26-17(4)27-24/h7-12,16,19H,6,13-15H2,1-5H3,(H,26,27). The molecule has 0 bridgehead atoms. The second-order valence-electron chi connectivity index (χ2n) is 8.61. The number of hydrogen-bond acceptors (Lipinski definition) is 6. The van der Waals surface area contributed by atoms with Crippen LogP contribution >= 0.6 is 0 Å². The molecule has 1 aromatic carbocycles. The number of fused-ring (bicyclic) bond motifs is 1. The molecule has 2 aromatic heterocycles. The molecule has 0 radical (unpaired) electrons. The normalized spacial score (nSPS) is 13.1. The van der Waals surface area contributed by atoms with Gasteiger partial charge in [-0.3, -0.25) is 9.78 Å². The van der Waals surface area contributed by atoms with Gasteiger partial charge in [-0.1, -0.05) is 26.0 Å². The SMILES string of the molecule is CCOC(=O)CC(CC(C)C)N(C)S(=O)(=O)c1ccc(Cc2nccc3[nH]c(C)nc23)cc1. The van der Waals surface area contributed by atoms with Crippen LogP contribution in [0.5, 0.6) is 0 Å². The zero-order valence-corrected chi connectivity index (χ0v) is 20.6. The van der Waals surface area contributed by atoms with Crippen molar-refractivity contribution in [2.75, 3.05) is 13.7 Å². The van der Waals surface area contributed by atoms with Crippen molar-refractivity contribution in [1.29, 1.82) is 0 Å². The lowest BCUT2D eigenvalue weighted by atomic mass is 10.0. The number of H-pyrrole nitrogens is 1. The summed E-state index contributed by atoms with van der Waals surface area (Å²) in [7, 11) is -2.24. The number of imidazole rings is 1. The molecular weight excluding hydrogens is 440 g/mol. The van der Waals surface area contributed by atoms with E-state index in [2.05, 4.69) is 15.0 Å². The molecule has 0 amide bonds. The molecule has 3 aromatic rings. The molecule has 33 heavy (non-hydrogen) atoms. The average Bonchev–Trinajstić information content (AvgIpc) is 3.14. The lowest BCUT2D eigenvalue weighted by Crippen LogP contribution is -2.39. The molecule has 0 fully saturated rings. The predicted molar refractivity (Wildman–Crippen MR) is 127 cm³/mol. The Bertz CT molecular complexity index is 1200. The maximum absolute atomic E-state index is 13.3. The molecule has 8 nitrogen and oxygen atoms in total. The summed E-state index contributed by atoms with van der Waals surface area (Å²) in [5.41, 5.74) is 3.51. The Kier molecular flexibility index (Phi) is 7.86. The largest absolute Gasteiger partial charge is 0.466 e. The highest BCUT2D eigenvalue weighted by Crippen LogP contribution is 2.24. The Morgan fingerprint density at radius 2 is 1.88 bits per heavy atom. The third-order valence-electron chi connectivity index (χ3n) is 5.53. The first-order chi connectivity index (χ1) is 15.6. The van der Waals surface area contributed by atoms with Crippen LogP contribution in [0.1, 0.15) is 50.7 Å². The number of nitrogens with one attached hydrogen (secondary N) is 1. The van der Waals surface area contributed by atoms with Gasteiger partial charge in [0.05, 0.1) is 29.1 Å². The molecule has 0 saturated heterocycles. The number of aryl methyl sites for hydroxylation is 1. The molecular formula is C24H32N4O4S. The Labute approximate surface area is 195 Å². The van der Waals surface area contributed by atoms with Crippen LogP contribution in [0.3, 0.4) is 0 Å². The number of carbonyl (C=O) groups excluding carboxylic acids is 1. The quantitative estimate of drug-likeness (QED) is 0.450. The number of nitrogens with zero attached hydrogens (tertiary/aromatic N) is 3. The van der Waals surface area contributed by atoms with Gasteiger partial charge in [-0.15, -0.1) is 0 Å². The number of aromatic nitrogens is 3. The number of rotatable bonds is 10. The van der Waals surface area contributed by atoms with Crippen molar-refractivity contribution in [2.45, 2.75) is 57.9 Å². The minimum absolute atomic E-state index is 0.0264. The number of esters is 1. The number of carbonyl (C=O) groups is 1. The number of sulfonamides is 1. The second-order valence-corrected chi connectivity index (χ2v) is 10.6. The van der Waals surface area contributed by atoms with E-state index in [1.165, 1.54) is 11.4 Å². The van der Waals surface area contributed by atoms with Crippen molar-refractivity contribution in [3.63, 3.8) is 0 Å². The first kappa shape index (κ1) is 24.9. The van der Waals surface area contributed by atoms with E-state index in [0.717, 1.165) is 28.1 Å². The highest BCUT2D eigenvalue weighted by Gasteiger charge is 2.30. The summed E-state index contributed by atoms with van der Waals surface area (Å²) in [6.07, 6.45) is 2.86. The lowest BCUT2D eigenvalue weighted by Gasteiger charge is -2.28. The second kappa shape index (κ2) is 10.4. The monoisotopic (exact) mass is 472 g/mol. The smallest absolute Gasteiger partial charge is 0.307 e. The van der Waals surface area contributed by atoms with Crippen LogP contribution in [-0.2, 0) is 26.0 Å². The van der Waals surface area contributed by atoms with Gasteiger partial charge < -0.3 is 9.72 Å². The fraction of sp³-hybridized carbons (Fsp3) is 0.458. The molecule has 1 N–H and O–H groups in total. The molecule has 1 atom stereocenters. The van der Waals surface area contributed by atoms with Crippen molar-refractivity contribution < 1.29 is 17.9 Å². The van der Waals surface area contributed by atoms with Crippen molar-refractivity contribution in [1.82, 2.24) is 19.3 Å². The topological polar surface area (TPSA) is 105 Å². The molecule has 0 aliphatic carbocycles. The van der Waals surface area contributed by atoms with E-state index in [1.54, 1.807) is 37.4 Å². The summed E-state index contributed by atoms with van der Waals surface area (Å²) in [5, 5.41) is 0. The Morgan fingerprint density at radius 1 is 1.18 bits per heavy atom. The number of pyridine rings is 1.